The highest BCUT2D eigenvalue weighted by molar-refractivity contribution is 5.83. The highest BCUT2D eigenvalue weighted by atomic mass is 16.3. The van der Waals surface area contributed by atoms with E-state index in [1.54, 1.807) is 0 Å². The number of aliphatic hydroxyl groups excluding tert-OH is 1. The molecule has 1 rings (SSSR count). The van der Waals surface area contributed by atoms with Gasteiger partial charge in [0.1, 0.15) is 0 Å². The van der Waals surface area contributed by atoms with Crippen molar-refractivity contribution >= 4 is 5.91 Å². The van der Waals surface area contributed by atoms with E-state index in [2.05, 4.69) is 19.2 Å². The average Bonchev–Trinajstić information content (AvgIpc) is 2.91. The Balaban J connectivity index is 2.59. The van der Waals surface area contributed by atoms with Gasteiger partial charge >= 0.3 is 0 Å². The van der Waals surface area contributed by atoms with Gasteiger partial charge in [0, 0.05) is 18.5 Å². The molecule has 0 heterocycles. The van der Waals surface area contributed by atoms with E-state index in [1.807, 2.05) is 0 Å². The number of rotatable bonds is 7. The molecule has 0 unspecified atom stereocenters. The molecule has 0 aromatic rings. The fraction of sp³-hybridized carbons (Fsp3) is 0.929. The summed E-state index contributed by atoms with van der Waals surface area (Å²) < 4.78 is 0. The van der Waals surface area contributed by atoms with E-state index in [1.165, 1.54) is 0 Å². The maximum atomic E-state index is 12.3. The van der Waals surface area contributed by atoms with Gasteiger partial charge in [-0.3, -0.25) is 4.79 Å². The minimum atomic E-state index is -0.345. The van der Waals surface area contributed by atoms with Crippen LogP contribution in [0.25, 0.3) is 0 Å². The quantitative estimate of drug-likeness (QED) is 0.645. The van der Waals surface area contributed by atoms with Crippen LogP contribution in [0, 0.1) is 10.8 Å². The average molecular weight is 256 g/mol. The van der Waals surface area contributed by atoms with Crippen LogP contribution in [0.15, 0.2) is 0 Å². The van der Waals surface area contributed by atoms with Crippen molar-refractivity contribution in [2.45, 2.75) is 52.4 Å². The summed E-state index contributed by atoms with van der Waals surface area (Å²) in [4.78, 5) is 12.3. The lowest BCUT2D eigenvalue weighted by atomic mass is 9.81. The molecule has 106 valence electrons. The zero-order valence-electron chi connectivity index (χ0n) is 11.8. The van der Waals surface area contributed by atoms with Gasteiger partial charge in [-0.25, -0.2) is 0 Å². The standard InChI is InChI=1S/C14H28N2O2/c1-3-13(4-2,11-17)10-16-12(18)14(9-15)7-5-6-8-14/h17H,3-11,15H2,1-2H3,(H,16,18). The predicted molar refractivity (Wildman–Crippen MR) is 73.1 cm³/mol. The third-order valence-electron chi connectivity index (χ3n) is 4.89. The summed E-state index contributed by atoms with van der Waals surface area (Å²) in [5.41, 5.74) is 5.28. The molecule has 0 atom stereocenters. The molecule has 0 aromatic heterocycles. The van der Waals surface area contributed by atoms with Crippen molar-refractivity contribution in [3.63, 3.8) is 0 Å². The van der Waals surface area contributed by atoms with Crippen LogP contribution in [0.4, 0.5) is 0 Å². The first-order valence-corrected chi connectivity index (χ1v) is 7.17. The number of aliphatic hydroxyl groups is 1. The lowest BCUT2D eigenvalue weighted by Crippen LogP contribution is -2.48. The topological polar surface area (TPSA) is 75.3 Å². The molecule has 0 aliphatic heterocycles. The second kappa shape index (κ2) is 6.53. The maximum Gasteiger partial charge on any atom is 0.227 e. The SMILES string of the molecule is CCC(CC)(CO)CNC(=O)C1(CN)CCCC1. The number of nitrogens with two attached hydrogens (primary N) is 1. The zero-order valence-corrected chi connectivity index (χ0v) is 11.8. The molecule has 18 heavy (non-hydrogen) atoms. The van der Waals surface area contributed by atoms with Crippen molar-refractivity contribution in [1.29, 1.82) is 0 Å². The second-order valence-electron chi connectivity index (χ2n) is 5.74. The fourth-order valence-electron chi connectivity index (χ4n) is 2.81. The van der Waals surface area contributed by atoms with Crippen molar-refractivity contribution in [2.24, 2.45) is 16.6 Å². The Morgan fingerprint density at radius 2 is 1.89 bits per heavy atom. The van der Waals surface area contributed by atoms with E-state index in [0.29, 0.717) is 13.1 Å². The predicted octanol–water partition coefficient (Wildman–Crippen LogP) is 1.42. The summed E-state index contributed by atoms with van der Waals surface area (Å²) in [6, 6.07) is 0. The zero-order chi connectivity index (χ0) is 13.6. The Labute approximate surface area is 110 Å². The van der Waals surface area contributed by atoms with E-state index < -0.39 is 0 Å². The number of nitrogens with one attached hydrogen (secondary N) is 1. The lowest BCUT2D eigenvalue weighted by Gasteiger charge is -2.32. The Hall–Kier alpha value is -0.610. The number of carbonyl (C=O) groups excluding carboxylic acids is 1. The van der Waals surface area contributed by atoms with Crippen LogP contribution in [0.1, 0.15) is 52.4 Å². The Kier molecular flexibility index (Phi) is 5.60. The Bertz CT molecular complexity index is 261. The number of hydrogen-bond donors (Lipinski definition) is 3. The number of hydrogen-bond acceptors (Lipinski definition) is 3. The van der Waals surface area contributed by atoms with Gasteiger partial charge in [0.05, 0.1) is 12.0 Å². The van der Waals surface area contributed by atoms with Crippen molar-refractivity contribution < 1.29 is 9.90 Å². The third kappa shape index (κ3) is 3.04. The first kappa shape index (κ1) is 15.4. The van der Waals surface area contributed by atoms with E-state index in [9.17, 15) is 9.90 Å². The van der Waals surface area contributed by atoms with E-state index >= 15 is 0 Å². The fourth-order valence-corrected chi connectivity index (χ4v) is 2.81. The smallest absolute Gasteiger partial charge is 0.227 e. The second-order valence-corrected chi connectivity index (χ2v) is 5.74. The summed E-state index contributed by atoms with van der Waals surface area (Å²) in [5.74, 6) is 0.0854. The van der Waals surface area contributed by atoms with Crippen molar-refractivity contribution in [3.8, 4) is 0 Å². The molecule has 0 spiro atoms. The third-order valence-corrected chi connectivity index (χ3v) is 4.89. The highest BCUT2D eigenvalue weighted by Crippen LogP contribution is 2.37. The van der Waals surface area contributed by atoms with Gasteiger partial charge in [0.25, 0.3) is 0 Å². The van der Waals surface area contributed by atoms with Gasteiger partial charge in [0.15, 0.2) is 0 Å². The molecule has 4 heteroatoms. The molecule has 1 aliphatic rings. The monoisotopic (exact) mass is 256 g/mol. The molecular weight excluding hydrogens is 228 g/mol. The molecule has 4 N–H and O–H groups in total. The minimum absolute atomic E-state index is 0.0854. The summed E-state index contributed by atoms with van der Waals surface area (Å²) in [5, 5.41) is 12.5. The molecule has 1 aliphatic carbocycles. The first-order chi connectivity index (χ1) is 8.58. The molecule has 0 saturated heterocycles. The normalized spacial score (nSPS) is 18.9. The maximum absolute atomic E-state index is 12.3. The van der Waals surface area contributed by atoms with Crippen LogP contribution >= 0.6 is 0 Å². The number of amides is 1. The molecule has 4 nitrogen and oxygen atoms in total. The molecule has 0 radical (unpaired) electrons. The van der Waals surface area contributed by atoms with Gasteiger partial charge in [-0.05, 0) is 25.7 Å². The van der Waals surface area contributed by atoms with Gasteiger partial charge in [-0.1, -0.05) is 26.7 Å². The Morgan fingerprint density at radius 3 is 2.28 bits per heavy atom. The van der Waals surface area contributed by atoms with Crippen molar-refractivity contribution in [3.05, 3.63) is 0 Å². The summed E-state index contributed by atoms with van der Waals surface area (Å²) >= 11 is 0. The van der Waals surface area contributed by atoms with Crippen LogP contribution in [-0.4, -0.2) is 30.7 Å². The number of carbonyl (C=O) groups is 1. The van der Waals surface area contributed by atoms with E-state index in [0.717, 1.165) is 38.5 Å². The lowest BCUT2D eigenvalue weighted by molar-refractivity contribution is -0.131. The van der Waals surface area contributed by atoms with Crippen LogP contribution in [0.5, 0.6) is 0 Å². The van der Waals surface area contributed by atoms with Crippen LogP contribution in [0.2, 0.25) is 0 Å². The molecular formula is C14H28N2O2. The molecule has 0 aromatic carbocycles. The van der Waals surface area contributed by atoms with Gasteiger partial charge < -0.3 is 16.2 Å². The van der Waals surface area contributed by atoms with E-state index in [-0.39, 0.29) is 23.3 Å². The van der Waals surface area contributed by atoms with Crippen LogP contribution in [-0.2, 0) is 4.79 Å². The van der Waals surface area contributed by atoms with Gasteiger partial charge in [-0.15, -0.1) is 0 Å². The Morgan fingerprint density at radius 1 is 1.33 bits per heavy atom. The van der Waals surface area contributed by atoms with Crippen LogP contribution < -0.4 is 11.1 Å². The minimum Gasteiger partial charge on any atom is -0.396 e. The van der Waals surface area contributed by atoms with Gasteiger partial charge in [-0.2, -0.15) is 0 Å². The summed E-state index contributed by atoms with van der Waals surface area (Å²) in [7, 11) is 0. The summed E-state index contributed by atoms with van der Waals surface area (Å²) in [6.45, 7) is 5.22. The highest BCUT2D eigenvalue weighted by Gasteiger charge is 2.40. The first-order valence-electron chi connectivity index (χ1n) is 7.17. The molecule has 1 amide bonds. The van der Waals surface area contributed by atoms with Crippen LogP contribution in [0.3, 0.4) is 0 Å². The van der Waals surface area contributed by atoms with Crippen molar-refractivity contribution in [1.82, 2.24) is 5.32 Å². The van der Waals surface area contributed by atoms with Gasteiger partial charge in [0.2, 0.25) is 5.91 Å². The summed E-state index contributed by atoms with van der Waals surface area (Å²) in [6.07, 6.45) is 5.74. The van der Waals surface area contributed by atoms with Crippen molar-refractivity contribution in [2.75, 3.05) is 19.7 Å². The molecule has 1 fully saturated rings. The van der Waals surface area contributed by atoms with E-state index in [4.69, 9.17) is 5.73 Å². The molecule has 1 saturated carbocycles. The molecule has 0 bridgehead atoms. The largest absolute Gasteiger partial charge is 0.396 e.